The van der Waals surface area contributed by atoms with Crippen LogP contribution in [0.3, 0.4) is 0 Å². The highest BCUT2D eigenvalue weighted by Gasteiger charge is 2.44. The predicted octanol–water partition coefficient (Wildman–Crippen LogP) is 3.94. The van der Waals surface area contributed by atoms with Gasteiger partial charge < -0.3 is 20.2 Å². The molecule has 0 bridgehead atoms. The molecule has 2 heterocycles. The van der Waals surface area contributed by atoms with Crippen molar-refractivity contribution < 1.29 is 23.9 Å². The summed E-state index contributed by atoms with van der Waals surface area (Å²) in [6.07, 6.45) is 2.05. The van der Waals surface area contributed by atoms with E-state index in [9.17, 15) is 14.4 Å². The second-order valence-electron chi connectivity index (χ2n) is 8.38. The van der Waals surface area contributed by atoms with Crippen LogP contribution in [0.5, 0.6) is 0 Å². The number of halogens is 3. The maximum atomic E-state index is 15.1. The van der Waals surface area contributed by atoms with Crippen molar-refractivity contribution in [2.45, 2.75) is 18.4 Å². The second kappa shape index (κ2) is 9.27. The number of benzene rings is 2. The van der Waals surface area contributed by atoms with Crippen LogP contribution in [-0.2, 0) is 21.5 Å². The molecule has 2 aromatic carbocycles. The Bertz CT molecular complexity index is 1200. The quantitative estimate of drug-likeness (QED) is 0.458. The van der Waals surface area contributed by atoms with Gasteiger partial charge in [-0.2, -0.15) is 0 Å². The molecule has 1 unspecified atom stereocenters. The smallest absolute Gasteiger partial charge is 0.323 e. The molecule has 0 aliphatic carbocycles. The van der Waals surface area contributed by atoms with Crippen molar-refractivity contribution >= 4 is 46.7 Å². The van der Waals surface area contributed by atoms with Gasteiger partial charge in [-0.05, 0) is 48.7 Å². The van der Waals surface area contributed by atoms with E-state index in [4.69, 9.17) is 28.3 Å². The number of nitrogens with one attached hydrogen (secondary N) is 1. The first-order valence-corrected chi connectivity index (χ1v) is 11.4. The van der Waals surface area contributed by atoms with Crippen LogP contribution in [0.4, 0.5) is 10.1 Å². The van der Waals surface area contributed by atoms with E-state index in [0.717, 1.165) is 5.56 Å². The number of anilines is 1. The average molecular weight is 506 g/mol. The molecular formula is C24H22Cl2FN3O4. The Kier molecular flexibility index (Phi) is 6.55. The van der Waals surface area contributed by atoms with E-state index in [1.165, 1.54) is 28.0 Å². The molecule has 0 radical (unpaired) electrons. The summed E-state index contributed by atoms with van der Waals surface area (Å²) in [6, 6.07) is 7.79. The SMILES string of the molecule is C=CC(=O)N1CCC(Nc2ccc3c(c2)C(=O)N(CC(=O)O)CC3)(c2c(F)ccc(Cl)c2Cl)C1. The van der Waals surface area contributed by atoms with E-state index < -0.39 is 17.3 Å². The van der Waals surface area contributed by atoms with Crippen LogP contribution in [0.1, 0.15) is 27.9 Å². The molecule has 178 valence electrons. The van der Waals surface area contributed by atoms with Crippen molar-refractivity contribution in [1.29, 1.82) is 0 Å². The Hall–Kier alpha value is -3.10. The number of rotatable bonds is 6. The number of hydrogen-bond acceptors (Lipinski definition) is 4. The monoisotopic (exact) mass is 505 g/mol. The van der Waals surface area contributed by atoms with Crippen molar-refractivity contribution in [3.8, 4) is 0 Å². The Morgan fingerprint density at radius 1 is 1.24 bits per heavy atom. The van der Waals surface area contributed by atoms with Gasteiger partial charge in [-0.1, -0.05) is 35.8 Å². The maximum Gasteiger partial charge on any atom is 0.323 e. The van der Waals surface area contributed by atoms with E-state index in [1.54, 1.807) is 18.2 Å². The molecule has 10 heteroatoms. The maximum absolute atomic E-state index is 15.1. The van der Waals surface area contributed by atoms with Gasteiger partial charge in [-0.25, -0.2) is 4.39 Å². The predicted molar refractivity (Wildman–Crippen MR) is 127 cm³/mol. The van der Waals surface area contributed by atoms with Crippen molar-refractivity contribution in [3.63, 3.8) is 0 Å². The molecule has 7 nitrogen and oxygen atoms in total. The largest absolute Gasteiger partial charge is 0.480 e. The number of nitrogens with zero attached hydrogens (tertiary/aromatic N) is 2. The Morgan fingerprint density at radius 3 is 2.71 bits per heavy atom. The van der Waals surface area contributed by atoms with Crippen molar-refractivity contribution in [1.82, 2.24) is 9.80 Å². The van der Waals surface area contributed by atoms with Crippen LogP contribution >= 0.6 is 23.2 Å². The molecule has 1 saturated heterocycles. The minimum atomic E-state index is -1.11. The normalized spacial score (nSPS) is 19.7. The van der Waals surface area contributed by atoms with E-state index in [2.05, 4.69) is 11.9 Å². The molecule has 1 atom stereocenters. The number of carboxylic acid groups (broad SMARTS) is 1. The van der Waals surface area contributed by atoms with Crippen LogP contribution in [0, 0.1) is 5.82 Å². The Labute approximate surface area is 205 Å². The fourth-order valence-corrected chi connectivity index (χ4v) is 5.14. The highest BCUT2D eigenvalue weighted by molar-refractivity contribution is 6.42. The molecule has 2 aliphatic rings. The summed E-state index contributed by atoms with van der Waals surface area (Å²) in [4.78, 5) is 39.1. The van der Waals surface area contributed by atoms with Crippen LogP contribution in [0.2, 0.25) is 10.0 Å². The van der Waals surface area contributed by atoms with Gasteiger partial charge in [-0.3, -0.25) is 14.4 Å². The molecule has 2 aromatic rings. The fourth-order valence-electron chi connectivity index (χ4n) is 4.65. The molecule has 0 spiro atoms. The molecule has 4 rings (SSSR count). The first-order chi connectivity index (χ1) is 16.1. The van der Waals surface area contributed by atoms with Crippen molar-refractivity contribution in [2.24, 2.45) is 0 Å². The summed E-state index contributed by atoms with van der Waals surface area (Å²) in [5, 5.41) is 12.6. The number of likely N-dealkylation sites (tertiary alicyclic amines) is 1. The van der Waals surface area contributed by atoms with Gasteiger partial charge in [0, 0.05) is 36.4 Å². The number of carboxylic acids is 1. The van der Waals surface area contributed by atoms with Crippen molar-refractivity contribution in [3.05, 3.63) is 75.5 Å². The number of hydrogen-bond donors (Lipinski definition) is 2. The van der Waals surface area contributed by atoms with Gasteiger partial charge >= 0.3 is 5.97 Å². The fraction of sp³-hybridized carbons (Fsp3) is 0.292. The van der Waals surface area contributed by atoms with Gasteiger partial charge in [0.15, 0.2) is 0 Å². The van der Waals surface area contributed by atoms with E-state index in [-0.39, 0.29) is 40.5 Å². The number of amides is 2. The Balaban J connectivity index is 1.75. The van der Waals surface area contributed by atoms with Gasteiger partial charge in [-0.15, -0.1) is 0 Å². The highest BCUT2D eigenvalue weighted by atomic mass is 35.5. The molecule has 2 amide bonds. The minimum absolute atomic E-state index is 0.0451. The molecule has 0 saturated carbocycles. The second-order valence-corrected chi connectivity index (χ2v) is 9.17. The van der Waals surface area contributed by atoms with E-state index >= 15 is 4.39 Å². The Morgan fingerprint density at radius 2 is 2.00 bits per heavy atom. The third-order valence-corrected chi connectivity index (χ3v) is 7.07. The van der Waals surface area contributed by atoms with Gasteiger partial charge in [0.2, 0.25) is 5.91 Å². The van der Waals surface area contributed by atoms with Crippen LogP contribution in [-0.4, -0.2) is 58.9 Å². The van der Waals surface area contributed by atoms with Crippen LogP contribution in [0.15, 0.2) is 43.0 Å². The van der Waals surface area contributed by atoms with Crippen molar-refractivity contribution in [2.75, 3.05) is 31.5 Å². The molecule has 1 fully saturated rings. The lowest BCUT2D eigenvalue weighted by Gasteiger charge is -2.34. The number of fused-ring (bicyclic) bond motifs is 1. The van der Waals surface area contributed by atoms with E-state index in [0.29, 0.717) is 37.2 Å². The number of carbonyl (C=O) groups is 3. The summed E-state index contributed by atoms with van der Waals surface area (Å²) >= 11 is 12.7. The summed E-state index contributed by atoms with van der Waals surface area (Å²) in [6.45, 7) is 3.89. The van der Waals surface area contributed by atoms with Gasteiger partial charge in [0.25, 0.3) is 5.91 Å². The standard InChI is InChI=1S/C24H22Cl2FN3O4/c1-2-19(31)30-10-8-24(13-30,21-18(27)6-5-17(25)22(21)26)28-15-4-3-14-7-9-29(12-20(32)33)23(34)16(14)11-15/h2-6,11,28H,1,7-10,12-13H2,(H,32,33). The summed E-state index contributed by atoms with van der Waals surface area (Å²) < 4.78 is 15.1. The van der Waals surface area contributed by atoms with Crippen LogP contribution < -0.4 is 5.32 Å². The molecule has 0 aromatic heterocycles. The topological polar surface area (TPSA) is 90.0 Å². The van der Waals surface area contributed by atoms with Gasteiger partial charge in [0.1, 0.15) is 12.4 Å². The van der Waals surface area contributed by atoms with Gasteiger partial charge in [0.05, 0.1) is 15.6 Å². The first kappa shape index (κ1) is 24.0. The molecule has 2 aliphatic heterocycles. The summed E-state index contributed by atoms with van der Waals surface area (Å²) in [5.41, 5.74) is 0.706. The molecular weight excluding hydrogens is 484 g/mol. The summed E-state index contributed by atoms with van der Waals surface area (Å²) in [5.74, 6) is -2.35. The zero-order chi connectivity index (χ0) is 24.6. The lowest BCUT2D eigenvalue weighted by molar-refractivity contribution is -0.137. The number of aliphatic carboxylic acids is 1. The van der Waals surface area contributed by atoms with E-state index in [1.807, 2.05) is 0 Å². The lowest BCUT2D eigenvalue weighted by atomic mass is 9.87. The van der Waals surface area contributed by atoms with Crippen LogP contribution in [0.25, 0.3) is 0 Å². The molecule has 2 N–H and O–H groups in total. The molecule has 34 heavy (non-hydrogen) atoms. The number of carbonyl (C=O) groups excluding carboxylic acids is 2. The third-order valence-electron chi connectivity index (χ3n) is 6.27. The highest BCUT2D eigenvalue weighted by Crippen LogP contribution is 2.43. The zero-order valence-electron chi connectivity index (χ0n) is 18.1. The average Bonchev–Trinajstić information content (AvgIpc) is 3.22. The first-order valence-electron chi connectivity index (χ1n) is 10.6. The zero-order valence-corrected chi connectivity index (χ0v) is 19.6. The lowest BCUT2D eigenvalue weighted by Crippen LogP contribution is -2.42. The minimum Gasteiger partial charge on any atom is -0.480 e. The summed E-state index contributed by atoms with van der Waals surface area (Å²) in [7, 11) is 0. The third kappa shape index (κ3) is 4.35.